The number of sulfonamides is 1. The third-order valence-electron chi connectivity index (χ3n) is 3.93. The van der Waals surface area contributed by atoms with Crippen molar-refractivity contribution >= 4 is 10.0 Å². The summed E-state index contributed by atoms with van der Waals surface area (Å²) in [6.07, 6.45) is 5.09. The predicted molar refractivity (Wildman–Crippen MR) is 76.1 cm³/mol. The van der Waals surface area contributed by atoms with Crippen molar-refractivity contribution in [3.63, 3.8) is 0 Å². The molecule has 4 nitrogen and oxygen atoms in total. The van der Waals surface area contributed by atoms with Crippen LogP contribution in [0.15, 0.2) is 23.1 Å². The van der Waals surface area contributed by atoms with E-state index in [4.69, 9.17) is 5.73 Å². The van der Waals surface area contributed by atoms with Crippen molar-refractivity contribution in [3.8, 4) is 0 Å². The molecule has 118 valence electrons. The van der Waals surface area contributed by atoms with E-state index in [0.29, 0.717) is 6.07 Å². The number of halogens is 2. The van der Waals surface area contributed by atoms with Gasteiger partial charge in [0.15, 0.2) is 0 Å². The third kappa shape index (κ3) is 4.21. The average molecular weight is 318 g/mol. The van der Waals surface area contributed by atoms with Crippen molar-refractivity contribution in [2.24, 2.45) is 11.7 Å². The molecular weight excluding hydrogens is 298 g/mol. The highest BCUT2D eigenvalue weighted by Crippen LogP contribution is 2.27. The average Bonchev–Trinajstić information content (AvgIpc) is 2.45. The van der Waals surface area contributed by atoms with Crippen LogP contribution in [0.1, 0.15) is 32.1 Å². The highest BCUT2D eigenvalue weighted by atomic mass is 32.2. The summed E-state index contributed by atoms with van der Waals surface area (Å²) in [5.74, 6) is -1.66. The van der Waals surface area contributed by atoms with E-state index >= 15 is 0 Å². The highest BCUT2D eigenvalue weighted by Gasteiger charge is 2.27. The van der Waals surface area contributed by atoms with Crippen LogP contribution in [0.2, 0.25) is 0 Å². The standard InChI is InChI=1S/C14H20F2N2O2S/c15-11-6-12(16)8-13(7-11)21(19,20)18-14(9-17)10-4-2-1-3-5-10/h6-8,10,14,18H,1-5,9,17H2. The van der Waals surface area contributed by atoms with Crippen LogP contribution in [-0.2, 0) is 10.0 Å². The van der Waals surface area contributed by atoms with Crippen molar-refractivity contribution in [1.82, 2.24) is 4.72 Å². The molecule has 0 radical (unpaired) electrons. The summed E-state index contributed by atoms with van der Waals surface area (Å²) < 4.78 is 53.3. The number of benzene rings is 1. The maximum absolute atomic E-state index is 13.2. The summed E-state index contributed by atoms with van der Waals surface area (Å²) in [6.45, 7) is 0.168. The Hall–Kier alpha value is -1.05. The largest absolute Gasteiger partial charge is 0.329 e. The van der Waals surface area contributed by atoms with Gasteiger partial charge in [-0.2, -0.15) is 0 Å². The van der Waals surface area contributed by atoms with E-state index in [1.807, 2.05) is 0 Å². The monoisotopic (exact) mass is 318 g/mol. The molecule has 1 aliphatic carbocycles. The SMILES string of the molecule is NCC(NS(=O)(=O)c1cc(F)cc(F)c1)C1CCCCC1. The molecule has 7 heteroatoms. The minimum Gasteiger partial charge on any atom is -0.329 e. The van der Waals surface area contributed by atoms with Gasteiger partial charge < -0.3 is 5.73 Å². The molecule has 0 aliphatic heterocycles. The highest BCUT2D eigenvalue weighted by molar-refractivity contribution is 7.89. The second-order valence-corrected chi connectivity index (χ2v) is 7.18. The first kappa shape index (κ1) is 16.3. The van der Waals surface area contributed by atoms with E-state index in [2.05, 4.69) is 4.72 Å². The third-order valence-corrected chi connectivity index (χ3v) is 5.40. The second kappa shape index (κ2) is 6.81. The van der Waals surface area contributed by atoms with Gasteiger partial charge in [0.1, 0.15) is 11.6 Å². The summed E-state index contributed by atoms with van der Waals surface area (Å²) >= 11 is 0. The number of hydrogen-bond acceptors (Lipinski definition) is 3. The molecule has 1 aromatic rings. The Morgan fingerprint density at radius 2 is 1.71 bits per heavy atom. The van der Waals surface area contributed by atoms with Crippen molar-refractivity contribution in [1.29, 1.82) is 0 Å². The first-order valence-electron chi connectivity index (χ1n) is 7.11. The van der Waals surface area contributed by atoms with Crippen LogP contribution >= 0.6 is 0 Å². The molecule has 21 heavy (non-hydrogen) atoms. The number of nitrogens with two attached hydrogens (primary N) is 1. The lowest BCUT2D eigenvalue weighted by Crippen LogP contribution is -2.45. The first-order valence-corrected chi connectivity index (χ1v) is 8.59. The molecular formula is C14H20F2N2O2S. The Morgan fingerprint density at radius 3 is 2.24 bits per heavy atom. The Kier molecular flexibility index (Phi) is 5.29. The molecule has 1 aromatic carbocycles. The van der Waals surface area contributed by atoms with Gasteiger partial charge in [-0.05, 0) is 30.9 Å². The Morgan fingerprint density at radius 1 is 1.14 bits per heavy atom. The molecule has 0 spiro atoms. The normalized spacial score (nSPS) is 18.6. The van der Waals surface area contributed by atoms with Crippen molar-refractivity contribution in [3.05, 3.63) is 29.8 Å². The van der Waals surface area contributed by atoms with Crippen LogP contribution in [0.3, 0.4) is 0 Å². The van der Waals surface area contributed by atoms with Crippen LogP contribution in [0, 0.1) is 17.6 Å². The van der Waals surface area contributed by atoms with Crippen LogP contribution < -0.4 is 10.5 Å². The van der Waals surface area contributed by atoms with E-state index in [-0.39, 0.29) is 12.5 Å². The maximum Gasteiger partial charge on any atom is 0.241 e. The summed E-state index contributed by atoms with van der Waals surface area (Å²) in [4.78, 5) is -0.408. The molecule has 0 aromatic heterocycles. The molecule has 0 bridgehead atoms. The van der Waals surface area contributed by atoms with Gasteiger partial charge in [-0.25, -0.2) is 21.9 Å². The lowest BCUT2D eigenvalue weighted by Gasteiger charge is -2.29. The molecule has 0 saturated heterocycles. The van der Waals surface area contributed by atoms with Gasteiger partial charge in [0.25, 0.3) is 0 Å². The van der Waals surface area contributed by atoms with E-state index in [9.17, 15) is 17.2 Å². The van der Waals surface area contributed by atoms with Gasteiger partial charge in [0.05, 0.1) is 4.90 Å². The van der Waals surface area contributed by atoms with Crippen LogP contribution in [0.25, 0.3) is 0 Å². The molecule has 1 unspecified atom stereocenters. The zero-order chi connectivity index (χ0) is 15.5. The van der Waals surface area contributed by atoms with Gasteiger partial charge in [-0.15, -0.1) is 0 Å². The van der Waals surface area contributed by atoms with Crippen molar-refractivity contribution in [2.45, 2.75) is 43.0 Å². The number of nitrogens with one attached hydrogen (secondary N) is 1. The summed E-state index contributed by atoms with van der Waals surface area (Å²) in [5.41, 5.74) is 5.67. The topological polar surface area (TPSA) is 72.2 Å². The molecule has 1 atom stereocenters. The van der Waals surface area contributed by atoms with Gasteiger partial charge in [0.2, 0.25) is 10.0 Å². The minimum absolute atomic E-state index is 0.168. The van der Waals surface area contributed by atoms with E-state index in [0.717, 1.165) is 44.2 Å². The molecule has 1 fully saturated rings. The fourth-order valence-corrected chi connectivity index (χ4v) is 4.18. The molecule has 1 aliphatic rings. The predicted octanol–water partition coefficient (Wildman–Crippen LogP) is 2.15. The lowest BCUT2D eigenvalue weighted by molar-refractivity contribution is 0.294. The molecule has 0 amide bonds. The molecule has 0 heterocycles. The quantitative estimate of drug-likeness (QED) is 0.874. The lowest BCUT2D eigenvalue weighted by atomic mass is 9.84. The minimum atomic E-state index is -3.98. The van der Waals surface area contributed by atoms with Crippen LogP contribution in [-0.4, -0.2) is 21.0 Å². The van der Waals surface area contributed by atoms with E-state index in [1.165, 1.54) is 0 Å². The van der Waals surface area contributed by atoms with E-state index < -0.39 is 32.6 Å². The van der Waals surface area contributed by atoms with Crippen LogP contribution in [0.5, 0.6) is 0 Å². The zero-order valence-corrected chi connectivity index (χ0v) is 12.5. The molecule has 1 saturated carbocycles. The van der Waals surface area contributed by atoms with E-state index in [1.54, 1.807) is 0 Å². The van der Waals surface area contributed by atoms with Crippen molar-refractivity contribution in [2.75, 3.05) is 6.54 Å². The fourth-order valence-electron chi connectivity index (χ4n) is 2.82. The first-order chi connectivity index (χ1) is 9.92. The summed E-state index contributed by atoms with van der Waals surface area (Å²) in [7, 11) is -3.98. The second-order valence-electron chi connectivity index (χ2n) is 5.47. The van der Waals surface area contributed by atoms with Gasteiger partial charge >= 0.3 is 0 Å². The Balaban J connectivity index is 2.18. The Labute approximate surface area is 123 Å². The van der Waals surface area contributed by atoms with Gasteiger partial charge in [-0.3, -0.25) is 0 Å². The summed E-state index contributed by atoms with van der Waals surface area (Å²) in [6, 6.07) is 1.85. The Bertz CT molecular complexity index is 566. The molecule has 2 rings (SSSR count). The van der Waals surface area contributed by atoms with Gasteiger partial charge in [-0.1, -0.05) is 19.3 Å². The fraction of sp³-hybridized carbons (Fsp3) is 0.571. The van der Waals surface area contributed by atoms with Crippen LogP contribution in [0.4, 0.5) is 8.78 Å². The smallest absolute Gasteiger partial charge is 0.241 e. The van der Waals surface area contributed by atoms with Crippen molar-refractivity contribution < 1.29 is 17.2 Å². The number of hydrogen-bond donors (Lipinski definition) is 2. The molecule has 3 N–H and O–H groups in total. The maximum atomic E-state index is 13.2. The van der Waals surface area contributed by atoms with Gasteiger partial charge in [0, 0.05) is 18.7 Å². The summed E-state index contributed by atoms with van der Waals surface area (Å²) in [5, 5.41) is 0. The number of rotatable bonds is 5. The zero-order valence-electron chi connectivity index (χ0n) is 11.7.